The van der Waals surface area contributed by atoms with Crippen LogP contribution in [0.1, 0.15) is 31.2 Å². The molecule has 1 aromatic carbocycles. The summed E-state index contributed by atoms with van der Waals surface area (Å²) in [5, 5.41) is 0. The van der Waals surface area contributed by atoms with E-state index in [-0.39, 0.29) is 5.96 Å². The van der Waals surface area contributed by atoms with Gasteiger partial charge in [-0.05, 0) is 32.0 Å². The summed E-state index contributed by atoms with van der Waals surface area (Å²) in [5.74, 6) is 0.0912. The largest absolute Gasteiger partial charge is 0.492 e. The topological polar surface area (TPSA) is 101 Å². The van der Waals surface area contributed by atoms with Gasteiger partial charge in [0.1, 0.15) is 12.4 Å². The minimum atomic E-state index is -1.02. The minimum absolute atomic E-state index is 0.280. The van der Waals surface area contributed by atoms with Gasteiger partial charge in [-0.15, -0.1) is 0 Å². The zero-order valence-electron chi connectivity index (χ0n) is 13.6. The standard InChI is InChI=1S/C16H26N6O/c1-22(13-4-2-3-5-13)10-11-23-14-8-6-12(7-9-14)16(18)19-15(17)20-21-16/h6-9,13,21H,2-5,10-11,18H2,1H3,(H3,17,19,20). The van der Waals surface area contributed by atoms with Crippen molar-refractivity contribution < 1.29 is 4.74 Å². The molecule has 1 aromatic rings. The van der Waals surface area contributed by atoms with Crippen molar-refractivity contribution in [1.82, 2.24) is 15.8 Å². The van der Waals surface area contributed by atoms with Gasteiger partial charge in [-0.2, -0.15) is 5.43 Å². The number of likely N-dealkylation sites (N-methyl/N-ethyl adjacent to an activating group) is 1. The number of guanidine groups is 1. The second-order valence-corrected chi connectivity index (χ2v) is 6.31. The molecule has 0 spiro atoms. The van der Waals surface area contributed by atoms with Gasteiger partial charge in [-0.1, -0.05) is 25.0 Å². The molecule has 3 rings (SSSR count). The van der Waals surface area contributed by atoms with Gasteiger partial charge in [0.2, 0.25) is 11.7 Å². The number of aliphatic imine (C=N–C) groups is 1. The van der Waals surface area contributed by atoms with Crippen LogP contribution in [-0.4, -0.2) is 37.1 Å². The second kappa shape index (κ2) is 6.74. The maximum atomic E-state index is 6.14. The van der Waals surface area contributed by atoms with Crippen LogP contribution < -0.4 is 27.1 Å². The van der Waals surface area contributed by atoms with Crippen LogP contribution in [-0.2, 0) is 5.79 Å². The number of nitrogens with two attached hydrogens (primary N) is 2. The summed E-state index contributed by atoms with van der Waals surface area (Å²) < 4.78 is 5.83. The van der Waals surface area contributed by atoms with Gasteiger partial charge in [-0.3, -0.25) is 11.2 Å². The molecule has 7 nitrogen and oxygen atoms in total. The predicted octanol–water partition coefficient (Wildman–Crippen LogP) is 0.431. The highest BCUT2D eigenvalue weighted by Gasteiger charge is 2.31. The summed E-state index contributed by atoms with van der Waals surface area (Å²) in [7, 11) is 2.18. The Morgan fingerprint density at radius 1 is 1.30 bits per heavy atom. The number of nitrogens with one attached hydrogen (secondary N) is 2. The van der Waals surface area contributed by atoms with E-state index in [2.05, 4.69) is 27.8 Å². The summed E-state index contributed by atoms with van der Waals surface area (Å²) >= 11 is 0. The van der Waals surface area contributed by atoms with Gasteiger partial charge in [0.25, 0.3) is 0 Å². The summed E-state index contributed by atoms with van der Waals surface area (Å²) in [6.45, 7) is 1.63. The Balaban J connectivity index is 1.50. The van der Waals surface area contributed by atoms with Crippen LogP contribution in [0.3, 0.4) is 0 Å². The molecule has 1 aliphatic heterocycles. The number of ether oxygens (including phenoxy) is 1. The number of nitrogens with zero attached hydrogens (tertiary/aromatic N) is 2. The zero-order chi connectivity index (χ0) is 16.3. The van der Waals surface area contributed by atoms with Gasteiger partial charge in [0.05, 0.1) is 0 Å². The van der Waals surface area contributed by atoms with Crippen molar-refractivity contribution in [3.8, 4) is 5.75 Å². The number of rotatable bonds is 6. The molecule has 6 N–H and O–H groups in total. The lowest BCUT2D eigenvalue weighted by Crippen LogP contribution is -2.50. The lowest BCUT2D eigenvalue weighted by atomic mass is 10.1. The molecular formula is C16H26N6O. The van der Waals surface area contributed by atoms with Gasteiger partial charge in [0, 0.05) is 18.2 Å². The fraction of sp³-hybridized carbons (Fsp3) is 0.562. The molecular weight excluding hydrogens is 292 g/mol. The van der Waals surface area contributed by atoms with Crippen LogP contribution >= 0.6 is 0 Å². The molecule has 126 valence electrons. The highest BCUT2D eigenvalue weighted by molar-refractivity contribution is 5.79. The number of hydrogen-bond donors (Lipinski definition) is 4. The summed E-state index contributed by atoms with van der Waals surface area (Å²) in [6, 6.07) is 8.33. The molecule has 2 aliphatic rings. The lowest BCUT2D eigenvalue weighted by molar-refractivity contribution is 0.193. The third-order valence-electron chi connectivity index (χ3n) is 4.63. The van der Waals surface area contributed by atoms with E-state index in [0.29, 0.717) is 6.61 Å². The van der Waals surface area contributed by atoms with Crippen LogP contribution in [0.4, 0.5) is 0 Å². The number of hydrazine groups is 1. The van der Waals surface area contributed by atoms with E-state index in [9.17, 15) is 0 Å². The van der Waals surface area contributed by atoms with Crippen LogP contribution in [0.2, 0.25) is 0 Å². The molecule has 0 aromatic heterocycles. The molecule has 1 atom stereocenters. The zero-order valence-corrected chi connectivity index (χ0v) is 13.6. The van der Waals surface area contributed by atoms with Crippen LogP contribution in [0.5, 0.6) is 5.75 Å². The molecule has 7 heteroatoms. The number of benzene rings is 1. The Morgan fingerprint density at radius 2 is 2.00 bits per heavy atom. The Kier molecular flexibility index (Phi) is 4.70. The Morgan fingerprint density at radius 3 is 2.61 bits per heavy atom. The van der Waals surface area contributed by atoms with Crippen molar-refractivity contribution in [3.63, 3.8) is 0 Å². The van der Waals surface area contributed by atoms with E-state index in [1.807, 2.05) is 24.3 Å². The molecule has 0 amide bonds. The molecule has 0 bridgehead atoms. The summed E-state index contributed by atoms with van der Waals surface area (Å²) in [5.41, 5.74) is 18.1. The van der Waals surface area contributed by atoms with E-state index in [0.717, 1.165) is 23.9 Å². The quantitative estimate of drug-likeness (QED) is 0.607. The predicted molar refractivity (Wildman–Crippen MR) is 90.6 cm³/mol. The van der Waals surface area contributed by atoms with E-state index in [1.54, 1.807) is 0 Å². The van der Waals surface area contributed by atoms with E-state index in [4.69, 9.17) is 16.2 Å². The molecule has 0 radical (unpaired) electrons. The van der Waals surface area contributed by atoms with Crippen molar-refractivity contribution in [3.05, 3.63) is 29.8 Å². The van der Waals surface area contributed by atoms with Gasteiger partial charge in [-0.25, -0.2) is 4.99 Å². The fourth-order valence-electron chi connectivity index (χ4n) is 3.18. The Bertz CT molecular complexity index is 554. The third kappa shape index (κ3) is 3.74. The maximum Gasteiger partial charge on any atom is 0.209 e. The first-order valence-electron chi connectivity index (χ1n) is 8.18. The highest BCUT2D eigenvalue weighted by Crippen LogP contribution is 2.23. The monoisotopic (exact) mass is 318 g/mol. The SMILES string of the molecule is CN(CCOc1ccc(C2(N)N=C(N)NN2)cc1)C1CCCC1. The molecule has 1 heterocycles. The van der Waals surface area contributed by atoms with Crippen molar-refractivity contribution in [2.24, 2.45) is 16.5 Å². The summed E-state index contributed by atoms with van der Waals surface area (Å²) in [6.07, 6.45) is 5.34. The molecule has 1 unspecified atom stereocenters. The third-order valence-corrected chi connectivity index (χ3v) is 4.63. The lowest BCUT2D eigenvalue weighted by Gasteiger charge is -2.24. The van der Waals surface area contributed by atoms with Crippen LogP contribution in [0.25, 0.3) is 0 Å². The Hall–Kier alpha value is -1.83. The molecule has 1 aliphatic carbocycles. The smallest absolute Gasteiger partial charge is 0.209 e. The molecule has 1 fully saturated rings. The van der Waals surface area contributed by atoms with E-state index in [1.165, 1.54) is 25.7 Å². The van der Waals surface area contributed by atoms with Crippen molar-refractivity contribution in [2.45, 2.75) is 37.5 Å². The van der Waals surface area contributed by atoms with Crippen LogP contribution in [0.15, 0.2) is 29.3 Å². The van der Waals surface area contributed by atoms with Gasteiger partial charge in [0.15, 0.2) is 0 Å². The van der Waals surface area contributed by atoms with E-state index >= 15 is 0 Å². The first-order valence-corrected chi connectivity index (χ1v) is 8.18. The van der Waals surface area contributed by atoms with Gasteiger partial charge >= 0.3 is 0 Å². The summed E-state index contributed by atoms with van der Waals surface area (Å²) in [4.78, 5) is 6.56. The van der Waals surface area contributed by atoms with Crippen molar-refractivity contribution in [2.75, 3.05) is 20.2 Å². The van der Waals surface area contributed by atoms with Crippen molar-refractivity contribution in [1.29, 1.82) is 0 Å². The molecule has 0 saturated heterocycles. The van der Waals surface area contributed by atoms with Gasteiger partial charge < -0.3 is 15.4 Å². The molecule has 23 heavy (non-hydrogen) atoms. The van der Waals surface area contributed by atoms with E-state index < -0.39 is 5.79 Å². The Labute approximate surface area is 137 Å². The van der Waals surface area contributed by atoms with Crippen LogP contribution in [0, 0.1) is 0 Å². The normalized spacial score (nSPS) is 24.7. The van der Waals surface area contributed by atoms with Crippen molar-refractivity contribution >= 4 is 5.96 Å². The number of hydrogen-bond acceptors (Lipinski definition) is 7. The average molecular weight is 318 g/mol. The minimum Gasteiger partial charge on any atom is -0.492 e. The highest BCUT2D eigenvalue weighted by atomic mass is 16.5. The molecule has 1 saturated carbocycles. The second-order valence-electron chi connectivity index (χ2n) is 6.31. The average Bonchev–Trinajstić information content (AvgIpc) is 3.18. The maximum absolute atomic E-state index is 6.14. The first kappa shape index (κ1) is 16.0. The first-order chi connectivity index (χ1) is 11.1. The fourth-order valence-corrected chi connectivity index (χ4v) is 3.18.